The lowest BCUT2D eigenvalue weighted by atomic mass is 9.86. The van der Waals surface area contributed by atoms with Gasteiger partial charge in [-0.05, 0) is 73.4 Å². The van der Waals surface area contributed by atoms with Gasteiger partial charge in [-0.2, -0.15) is 10.2 Å². The summed E-state index contributed by atoms with van der Waals surface area (Å²) < 4.78 is 8.22. The van der Waals surface area contributed by atoms with Crippen LogP contribution in [0.2, 0.25) is 0 Å². The van der Waals surface area contributed by atoms with Crippen LogP contribution in [0.1, 0.15) is 67.4 Å². The quantitative estimate of drug-likeness (QED) is 0.387. The number of carbonyl (C=O) groups is 1. The number of carboxylic acids is 1. The summed E-state index contributed by atoms with van der Waals surface area (Å²) in [5, 5.41) is 20.8. The maximum Gasteiger partial charge on any atom is 0.339 e. The van der Waals surface area contributed by atoms with Crippen molar-refractivity contribution in [2.75, 3.05) is 13.6 Å². The number of rotatable bonds is 8. The van der Waals surface area contributed by atoms with Crippen LogP contribution in [0, 0.1) is 17.8 Å². The molecule has 2 saturated carbocycles. The van der Waals surface area contributed by atoms with E-state index < -0.39 is 5.97 Å². The third kappa shape index (κ3) is 4.94. The molecule has 2 fully saturated rings. The van der Waals surface area contributed by atoms with Crippen molar-refractivity contribution < 1.29 is 14.6 Å². The fourth-order valence-corrected chi connectivity index (χ4v) is 6.41. The highest BCUT2D eigenvalue weighted by Crippen LogP contribution is 2.53. The maximum absolute atomic E-state index is 12.1. The lowest BCUT2D eigenvalue weighted by molar-refractivity contribution is 0.0695. The molecule has 3 aromatic rings. The first-order chi connectivity index (χ1) is 18.5. The van der Waals surface area contributed by atoms with Gasteiger partial charge in [0.1, 0.15) is 11.3 Å². The molecule has 6 rings (SSSR count). The summed E-state index contributed by atoms with van der Waals surface area (Å²) in [6, 6.07) is 16.5. The average Bonchev–Trinajstić information content (AvgIpc) is 3.38. The largest absolute Gasteiger partial charge is 0.490 e. The number of nitrogens with zero attached hydrogens (tertiary/aromatic N) is 4. The molecule has 1 aromatic heterocycles. The molecule has 0 amide bonds. The predicted molar refractivity (Wildman–Crippen MR) is 148 cm³/mol. The van der Waals surface area contributed by atoms with Gasteiger partial charge in [0.15, 0.2) is 0 Å². The number of carboxylic acid groups (broad SMARTS) is 1. The third-order valence-corrected chi connectivity index (χ3v) is 8.60. The van der Waals surface area contributed by atoms with Crippen LogP contribution >= 0.6 is 0 Å². The SMILES string of the molecule is C[C@H](Oc1cccc(-c2cccc(-n3ncc(C(=O)O)c3[C@@H]3C[C@H]3C3C=NN(C)C3)c2)c1)C1CCCCC1. The second kappa shape index (κ2) is 10.3. The molecular formula is C31H36N4O3. The minimum absolute atomic E-state index is 0.160. The first-order valence-corrected chi connectivity index (χ1v) is 13.9. The molecule has 1 unspecified atom stereocenters. The molecule has 7 nitrogen and oxygen atoms in total. The summed E-state index contributed by atoms with van der Waals surface area (Å²) in [6.07, 6.45) is 11.1. The van der Waals surface area contributed by atoms with Gasteiger partial charge in [0.2, 0.25) is 0 Å². The fraction of sp³-hybridized carbons (Fsp3) is 0.452. The van der Waals surface area contributed by atoms with Gasteiger partial charge in [-0.1, -0.05) is 43.5 Å². The summed E-state index contributed by atoms with van der Waals surface area (Å²) in [4.78, 5) is 12.1. The zero-order valence-electron chi connectivity index (χ0n) is 22.2. The van der Waals surface area contributed by atoms with Crippen LogP contribution < -0.4 is 4.74 Å². The minimum Gasteiger partial charge on any atom is -0.490 e. The molecule has 198 valence electrons. The molecule has 7 heteroatoms. The Morgan fingerprint density at radius 1 is 1.08 bits per heavy atom. The number of benzene rings is 2. The van der Waals surface area contributed by atoms with Crippen LogP contribution in [-0.4, -0.2) is 51.8 Å². The number of ether oxygens (including phenoxy) is 1. The van der Waals surface area contributed by atoms with Gasteiger partial charge >= 0.3 is 5.97 Å². The molecule has 0 radical (unpaired) electrons. The summed E-state index contributed by atoms with van der Waals surface area (Å²) >= 11 is 0. The van der Waals surface area contributed by atoms with Crippen molar-refractivity contribution >= 4 is 12.2 Å². The van der Waals surface area contributed by atoms with Gasteiger partial charge in [0, 0.05) is 31.6 Å². The van der Waals surface area contributed by atoms with Crippen molar-refractivity contribution in [3.8, 4) is 22.6 Å². The number of aromatic carboxylic acids is 1. The van der Waals surface area contributed by atoms with Crippen molar-refractivity contribution in [2.45, 2.75) is 57.5 Å². The van der Waals surface area contributed by atoms with E-state index in [2.05, 4.69) is 41.4 Å². The van der Waals surface area contributed by atoms with Crippen molar-refractivity contribution in [1.29, 1.82) is 0 Å². The molecule has 1 N–H and O–H groups in total. The summed E-state index contributed by atoms with van der Waals surface area (Å²) in [7, 11) is 1.98. The fourth-order valence-electron chi connectivity index (χ4n) is 6.41. The molecular weight excluding hydrogens is 476 g/mol. The summed E-state index contributed by atoms with van der Waals surface area (Å²) in [6.45, 7) is 3.08. The zero-order chi connectivity index (χ0) is 26.2. The van der Waals surface area contributed by atoms with Crippen molar-refractivity contribution in [1.82, 2.24) is 14.8 Å². The molecule has 3 aliphatic rings. The molecule has 38 heavy (non-hydrogen) atoms. The van der Waals surface area contributed by atoms with Crippen LogP contribution in [0.15, 0.2) is 59.8 Å². The Bertz CT molecular complexity index is 1340. The predicted octanol–water partition coefficient (Wildman–Crippen LogP) is 6.24. The molecule has 1 aliphatic heterocycles. The molecule has 0 saturated heterocycles. The Morgan fingerprint density at radius 2 is 1.84 bits per heavy atom. The maximum atomic E-state index is 12.1. The van der Waals surface area contributed by atoms with E-state index in [9.17, 15) is 9.90 Å². The van der Waals surface area contributed by atoms with Gasteiger partial charge < -0.3 is 9.84 Å². The number of aromatic nitrogens is 2. The van der Waals surface area contributed by atoms with Gasteiger partial charge in [-0.25, -0.2) is 9.48 Å². The lowest BCUT2D eigenvalue weighted by Gasteiger charge is -2.28. The molecule has 2 heterocycles. The van der Waals surface area contributed by atoms with E-state index in [1.165, 1.54) is 38.3 Å². The van der Waals surface area contributed by atoms with Crippen molar-refractivity contribution in [2.24, 2.45) is 22.9 Å². The Labute approximate surface area is 224 Å². The molecule has 2 aliphatic carbocycles. The second-order valence-electron chi connectivity index (χ2n) is 11.2. The topological polar surface area (TPSA) is 80.0 Å². The van der Waals surface area contributed by atoms with Crippen LogP contribution in [0.5, 0.6) is 5.75 Å². The van der Waals surface area contributed by atoms with Crippen LogP contribution in [0.4, 0.5) is 0 Å². The third-order valence-electron chi connectivity index (χ3n) is 8.60. The smallest absolute Gasteiger partial charge is 0.339 e. The standard InChI is InChI=1S/C31H36N4O3/c1-20(21-8-4-3-5-9-21)38-26-13-7-11-23(15-26)22-10-6-12-25(14-22)35-30(29(18-33-35)31(36)37)28-16-27(28)24-17-32-34(2)19-24/h6-7,10-15,17-18,20-21,24,27-28H,3-5,8-9,16,19H2,1-2H3,(H,36,37)/t20-,24?,27-,28+/m0/s1. The minimum atomic E-state index is -0.929. The molecule has 0 spiro atoms. The Morgan fingerprint density at radius 3 is 2.58 bits per heavy atom. The average molecular weight is 513 g/mol. The van der Waals surface area contributed by atoms with Crippen LogP contribution in [0.25, 0.3) is 16.8 Å². The molecule has 4 atom stereocenters. The van der Waals surface area contributed by atoms with E-state index in [0.717, 1.165) is 41.2 Å². The molecule has 2 aromatic carbocycles. The highest BCUT2D eigenvalue weighted by atomic mass is 16.5. The zero-order valence-corrected chi connectivity index (χ0v) is 22.2. The number of hydrazone groups is 1. The van der Waals surface area contributed by atoms with Gasteiger partial charge in [-0.3, -0.25) is 5.01 Å². The van der Waals surface area contributed by atoms with Gasteiger partial charge in [0.25, 0.3) is 0 Å². The number of hydrogen-bond donors (Lipinski definition) is 1. The van der Waals surface area contributed by atoms with E-state index >= 15 is 0 Å². The monoisotopic (exact) mass is 512 g/mol. The number of hydrogen-bond acceptors (Lipinski definition) is 5. The van der Waals surface area contributed by atoms with E-state index in [1.54, 1.807) is 0 Å². The van der Waals surface area contributed by atoms with Crippen molar-refractivity contribution in [3.63, 3.8) is 0 Å². The summed E-state index contributed by atoms with van der Waals surface area (Å²) in [5.41, 5.74) is 4.07. The van der Waals surface area contributed by atoms with E-state index in [1.807, 2.05) is 47.2 Å². The van der Waals surface area contributed by atoms with E-state index in [-0.39, 0.29) is 12.0 Å². The first-order valence-electron chi connectivity index (χ1n) is 13.9. The molecule has 0 bridgehead atoms. The van der Waals surface area contributed by atoms with Gasteiger partial charge in [0.05, 0.1) is 23.7 Å². The van der Waals surface area contributed by atoms with Crippen LogP contribution in [-0.2, 0) is 0 Å². The normalized spacial score (nSPS) is 23.9. The highest BCUT2D eigenvalue weighted by molar-refractivity contribution is 5.89. The van der Waals surface area contributed by atoms with E-state index in [0.29, 0.717) is 23.3 Å². The van der Waals surface area contributed by atoms with Crippen LogP contribution in [0.3, 0.4) is 0 Å². The summed E-state index contributed by atoms with van der Waals surface area (Å²) in [5.74, 6) is 1.48. The first kappa shape index (κ1) is 24.7. The van der Waals surface area contributed by atoms with E-state index in [4.69, 9.17) is 4.74 Å². The van der Waals surface area contributed by atoms with Crippen molar-refractivity contribution in [3.05, 3.63) is 66.0 Å². The Kier molecular flexibility index (Phi) is 6.68. The highest BCUT2D eigenvalue weighted by Gasteiger charge is 2.48. The Balaban J connectivity index is 1.26. The second-order valence-corrected chi connectivity index (χ2v) is 11.2. The Hall–Kier alpha value is -3.61. The lowest BCUT2D eigenvalue weighted by Crippen LogP contribution is -2.25. The van der Waals surface area contributed by atoms with Gasteiger partial charge in [-0.15, -0.1) is 0 Å².